The quantitative estimate of drug-likeness (QED) is 0.672. The average Bonchev–Trinajstić information content (AvgIpc) is 2.90. The lowest BCUT2D eigenvalue weighted by Gasteiger charge is -2.09. The van der Waals surface area contributed by atoms with Crippen molar-refractivity contribution in [2.24, 2.45) is 5.92 Å². The topological polar surface area (TPSA) is 62.2 Å². The molecule has 0 spiro atoms. The minimum atomic E-state index is -0.763. The van der Waals surface area contributed by atoms with Gasteiger partial charge < -0.3 is 0 Å². The van der Waals surface area contributed by atoms with Gasteiger partial charge in [0.2, 0.25) is 0 Å². The third-order valence-corrected chi connectivity index (χ3v) is 3.90. The van der Waals surface area contributed by atoms with Crippen molar-refractivity contribution in [1.29, 1.82) is 0 Å². The summed E-state index contributed by atoms with van der Waals surface area (Å²) in [7, 11) is 0. The van der Waals surface area contributed by atoms with E-state index in [0.29, 0.717) is 18.0 Å². The number of nitrogens with one attached hydrogen (secondary N) is 1. The maximum Gasteiger partial charge on any atom is 0.276 e. The molecular weight excluding hydrogens is 271 g/mol. The Morgan fingerprint density at radius 3 is 2.57 bits per heavy atom. The van der Waals surface area contributed by atoms with Crippen molar-refractivity contribution in [3.8, 4) is 0 Å². The van der Waals surface area contributed by atoms with E-state index >= 15 is 0 Å². The van der Waals surface area contributed by atoms with Crippen molar-refractivity contribution < 1.29 is 14.4 Å². The van der Waals surface area contributed by atoms with Crippen molar-refractivity contribution in [3.63, 3.8) is 0 Å². The number of pyridine rings is 1. The van der Waals surface area contributed by atoms with Crippen LogP contribution in [0.4, 0.5) is 4.39 Å². The summed E-state index contributed by atoms with van der Waals surface area (Å²) < 4.78 is 14.0. The summed E-state index contributed by atoms with van der Waals surface area (Å²) in [4.78, 5) is 15.2. The SMILES string of the molecule is O=C(NO)c1cnc(CC2Cc3ccccc3C2)c(F)c1. The van der Waals surface area contributed by atoms with Crippen molar-refractivity contribution >= 4 is 5.91 Å². The number of fused-ring (bicyclic) bond motifs is 1. The molecule has 0 radical (unpaired) electrons. The van der Waals surface area contributed by atoms with Crippen LogP contribution in [0.1, 0.15) is 27.2 Å². The van der Waals surface area contributed by atoms with E-state index in [0.717, 1.165) is 18.9 Å². The van der Waals surface area contributed by atoms with Crippen LogP contribution in [-0.2, 0) is 19.3 Å². The summed E-state index contributed by atoms with van der Waals surface area (Å²) >= 11 is 0. The fraction of sp³-hybridized carbons (Fsp3) is 0.250. The summed E-state index contributed by atoms with van der Waals surface area (Å²) in [6, 6.07) is 9.35. The minimum absolute atomic E-state index is 0.00783. The highest BCUT2D eigenvalue weighted by Gasteiger charge is 2.23. The van der Waals surface area contributed by atoms with Gasteiger partial charge in [-0.15, -0.1) is 0 Å². The maximum atomic E-state index is 14.0. The van der Waals surface area contributed by atoms with Gasteiger partial charge in [0.05, 0.1) is 11.3 Å². The van der Waals surface area contributed by atoms with Gasteiger partial charge in [-0.3, -0.25) is 15.0 Å². The molecule has 1 heterocycles. The van der Waals surface area contributed by atoms with Crippen LogP contribution in [0.25, 0.3) is 0 Å². The Hall–Kier alpha value is -2.27. The Labute approximate surface area is 121 Å². The third-order valence-electron chi connectivity index (χ3n) is 3.90. The zero-order valence-corrected chi connectivity index (χ0v) is 11.3. The molecule has 1 aliphatic carbocycles. The van der Waals surface area contributed by atoms with Crippen LogP contribution in [0.15, 0.2) is 36.5 Å². The van der Waals surface area contributed by atoms with Gasteiger partial charge in [0.1, 0.15) is 5.82 Å². The van der Waals surface area contributed by atoms with Gasteiger partial charge in [-0.25, -0.2) is 9.87 Å². The first-order chi connectivity index (χ1) is 10.2. The van der Waals surface area contributed by atoms with Gasteiger partial charge >= 0.3 is 0 Å². The van der Waals surface area contributed by atoms with Crippen LogP contribution in [0.5, 0.6) is 0 Å². The number of hydrogen-bond acceptors (Lipinski definition) is 3. The van der Waals surface area contributed by atoms with Gasteiger partial charge in [-0.2, -0.15) is 0 Å². The highest BCUT2D eigenvalue weighted by Crippen LogP contribution is 2.29. The van der Waals surface area contributed by atoms with E-state index in [1.165, 1.54) is 22.8 Å². The third kappa shape index (κ3) is 2.78. The average molecular weight is 286 g/mol. The van der Waals surface area contributed by atoms with Crippen LogP contribution in [0, 0.1) is 11.7 Å². The standard InChI is InChI=1S/C16H15FN2O2/c17-14-8-13(16(20)19-21)9-18-15(14)7-10-5-11-3-1-2-4-12(11)6-10/h1-4,8-10,21H,5-7H2,(H,19,20). The van der Waals surface area contributed by atoms with Gasteiger partial charge in [-0.05, 0) is 42.4 Å². The maximum absolute atomic E-state index is 14.0. The number of carbonyl (C=O) groups is 1. The number of carbonyl (C=O) groups excluding carboxylic acids is 1. The highest BCUT2D eigenvalue weighted by atomic mass is 19.1. The number of hydroxylamine groups is 1. The molecule has 0 unspecified atom stereocenters. The molecule has 3 rings (SSSR count). The Morgan fingerprint density at radius 1 is 1.33 bits per heavy atom. The number of amides is 1. The molecule has 0 bridgehead atoms. The lowest BCUT2D eigenvalue weighted by Crippen LogP contribution is -2.19. The van der Waals surface area contributed by atoms with E-state index in [9.17, 15) is 9.18 Å². The lowest BCUT2D eigenvalue weighted by atomic mass is 9.99. The highest BCUT2D eigenvalue weighted by molar-refractivity contribution is 5.92. The lowest BCUT2D eigenvalue weighted by molar-refractivity contribution is 0.0705. The fourth-order valence-electron chi connectivity index (χ4n) is 2.87. The van der Waals surface area contributed by atoms with E-state index in [4.69, 9.17) is 5.21 Å². The monoisotopic (exact) mass is 286 g/mol. The molecule has 1 aromatic carbocycles. The van der Waals surface area contributed by atoms with Crippen molar-refractivity contribution in [1.82, 2.24) is 10.5 Å². The molecule has 2 aromatic rings. The molecule has 1 aliphatic rings. The molecule has 108 valence electrons. The first-order valence-electron chi connectivity index (χ1n) is 6.83. The van der Waals surface area contributed by atoms with Crippen LogP contribution in [0.2, 0.25) is 0 Å². The van der Waals surface area contributed by atoms with Crippen LogP contribution >= 0.6 is 0 Å². The Bertz CT molecular complexity index is 663. The molecule has 0 saturated carbocycles. The number of nitrogens with zero attached hydrogens (tertiary/aromatic N) is 1. The molecule has 1 aromatic heterocycles. The first-order valence-corrected chi connectivity index (χ1v) is 6.83. The minimum Gasteiger partial charge on any atom is -0.288 e. The predicted molar refractivity (Wildman–Crippen MR) is 74.5 cm³/mol. The van der Waals surface area contributed by atoms with Crippen LogP contribution in [0.3, 0.4) is 0 Å². The normalized spacial score (nSPS) is 14.0. The van der Waals surface area contributed by atoms with Crippen molar-refractivity contribution in [3.05, 3.63) is 64.7 Å². The molecule has 1 amide bonds. The number of rotatable bonds is 3. The molecule has 0 fully saturated rings. The second-order valence-corrected chi connectivity index (χ2v) is 5.34. The Kier molecular flexibility index (Phi) is 3.66. The van der Waals surface area contributed by atoms with E-state index in [-0.39, 0.29) is 5.56 Å². The smallest absolute Gasteiger partial charge is 0.276 e. The molecule has 0 atom stereocenters. The summed E-state index contributed by atoms with van der Waals surface area (Å²) in [5.74, 6) is -0.935. The number of aromatic nitrogens is 1. The number of benzene rings is 1. The van der Waals surface area contributed by atoms with Gasteiger partial charge in [0.15, 0.2) is 0 Å². The van der Waals surface area contributed by atoms with Crippen LogP contribution in [-0.4, -0.2) is 16.1 Å². The Morgan fingerprint density at radius 2 is 2.00 bits per heavy atom. The van der Waals surface area contributed by atoms with Gasteiger partial charge in [-0.1, -0.05) is 24.3 Å². The summed E-state index contributed by atoms with van der Waals surface area (Å²) in [6.45, 7) is 0. The Balaban J connectivity index is 1.74. The summed E-state index contributed by atoms with van der Waals surface area (Å²) in [5.41, 5.74) is 4.48. The molecule has 0 aliphatic heterocycles. The second-order valence-electron chi connectivity index (χ2n) is 5.34. The molecule has 4 nitrogen and oxygen atoms in total. The zero-order chi connectivity index (χ0) is 14.8. The molecule has 0 saturated heterocycles. The van der Waals surface area contributed by atoms with E-state index < -0.39 is 11.7 Å². The summed E-state index contributed by atoms with van der Waals surface area (Å²) in [6.07, 6.45) is 3.68. The van der Waals surface area contributed by atoms with Gasteiger partial charge in [0.25, 0.3) is 5.91 Å². The molecule has 2 N–H and O–H groups in total. The molecule has 21 heavy (non-hydrogen) atoms. The largest absolute Gasteiger partial charge is 0.288 e. The molecular formula is C16H15FN2O2. The van der Waals surface area contributed by atoms with Gasteiger partial charge in [0, 0.05) is 6.20 Å². The van der Waals surface area contributed by atoms with Crippen LogP contribution < -0.4 is 5.48 Å². The summed E-state index contributed by atoms with van der Waals surface area (Å²) in [5, 5.41) is 8.53. The van der Waals surface area contributed by atoms with E-state index in [2.05, 4.69) is 17.1 Å². The first kappa shape index (κ1) is 13.7. The van der Waals surface area contributed by atoms with Crippen molar-refractivity contribution in [2.45, 2.75) is 19.3 Å². The predicted octanol–water partition coefficient (Wildman–Crippen LogP) is 2.30. The second kappa shape index (κ2) is 5.61. The van der Waals surface area contributed by atoms with Crippen molar-refractivity contribution in [2.75, 3.05) is 0 Å². The number of hydrogen-bond donors (Lipinski definition) is 2. The molecule has 5 heteroatoms. The fourth-order valence-corrected chi connectivity index (χ4v) is 2.87. The van der Waals surface area contributed by atoms with E-state index in [1.54, 1.807) is 0 Å². The van der Waals surface area contributed by atoms with E-state index in [1.807, 2.05) is 12.1 Å². The number of halogens is 1. The zero-order valence-electron chi connectivity index (χ0n) is 11.3.